The molecule has 29 heavy (non-hydrogen) atoms. The van der Waals surface area contributed by atoms with Gasteiger partial charge in [0.2, 0.25) is 0 Å². The van der Waals surface area contributed by atoms with E-state index in [4.69, 9.17) is 4.74 Å². The first-order valence-electron chi connectivity index (χ1n) is 9.64. The van der Waals surface area contributed by atoms with E-state index < -0.39 is 11.6 Å². The lowest BCUT2D eigenvalue weighted by Gasteiger charge is -2.37. The van der Waals surface area contributed by atoms with Gasteiger partial charge in [-0.2, -0.15) is 0 Å². The number of rotatable bonds is 3. The summed E-state index contributed by atoms with van der Waals surface area (Å²) in [7, 11) is 1.35. The number of carbonyl (C=O) groups excluding carboxylic acids is 2. The second-order valence-corrected chi connectivity index (χ2v) is 7.93. The number of esters is 1. The number of aromatic nitrogens is 1. The highest BCUT2D eigenvalue weighted by atomic mass is 16.6. The van der Waals surface area contributed by atoms with Gasteiger partial charge in [0, 0.05) is 43.8 Å². The molecule has 7 nitrogen and oxygen atoms in total. The van der Waals surface area contributed by atoms with Gasteiger partial charge in [-0.15, -0.1) is 0 Å². The molecule has 0 atom stereocenters. The number of para-hydroxylation sites is 1. The lowest BCUT2D eigenvalue weighted by Crippen LogP contribution is -2.50. The molecule has 1 aliphatic rings. The van der Waals surface area contributed by atoms with E-state index in [0.29, 0.717) is 26.2 Å². The van der Waals surface area contributed by atoms with Gasteiger partial charge in [-0.05, 0) is 44.5 Å². The number of pyridine rings is 1. The van der Waals surface area contributed by atoms with Crippen molar-refractivity contribution in [3.63, 3.8) is 0 Å². The zero-order valence-electron chi connectivity index (χ0n) is 17.3. The van der Waals surface area contributed by atoms with Crippen LogP contribution in [-0.2, 0) is 14.3 Å². The second-order valence-electron chi connectivity index (χ2n) is 7.93. The molecule has 1 aromatic carbocycles. The molecule has 3 rings (SSSR count). The van der Waals surface area contributed by atoms with Gasteiger partial charge in [-0.1, -0.05) is 12.1 Å². The highest BCUT2D eigenvalue weighted by Crippen LogP contribution is 2.27. The molecule has 0 bridgehead atoms. The van der Waals surface area contributed by atoms with E-state index in [1.54, 1.807) is 17.2 Å². The Bertz CT molecular complexity index is 925. The number of piperazine rings is 1. The monoisotopic (exact) mass is 397 g/mol. The summed E-state index contributed by atoms with van der Waals surface area (Å²) in [6.07, 6.45) is 4.53. The van der Waals surface area contributed by atoms with Crippen molar-refractivity contribution in [1.29, 1.82) is 0 Å². The molecule has 0 aliphatic carbocycles. The van der Waals surface area contributed by atoms with Crippen molar-refractivity contribution in [2.45, 2.75) is 26.4 Å². The SMILES string of the molecule is COC(=O)C=Cc1cnc2c(N3CCN(C(=O)OC(C)(C)C)CC3)cccc2c1. The Hall–Kier alpha value is -3.09. The Kier molecular flexibility index (Phi) is 6.06. The maximum atomic E-state index is 12.3. The quantitative estimate of drug-likeness (QED) is 0.583. The Morgan fingerprint density at radius 1 is 1.14 bits per heavy atom. The average Bonchev–Trinajstić information content (AvgIpc) is 2.70. The molecule has 2 heterocycles. The molecule has 2 aromatic rings. The lowest BCUT2D eigenvalue weighted by molar-refractivity contribution is -0.134. The Morgan fingerprint density at radius 3 is 2.52 bits per heavy atom. The van der Waals surface area contributed by atoms with Gasteiger partial charge >= 0.3 is 12.1 Å². The molecule has 1 fully saturated rings. The summed E-state index contributed by atoms with van der Waals surface area (Å²) in [4.78, 5) is 32.2. The highest BCUT2D eigenvalue weighted by Gasteiger charge is 2.26. The zero-order chi connectivity index (χ0) is 21.0. The fourth-order valence-corrected chi connectivity index (χ4v) is 3.20. The van der Waals surface area contributed by atoms with Crippen LogP contribution >= 0.6 is 0 Å². The highest BCUT2D eigenvalue weighted by molar-refractivity contribution is 5.93. The Labute approximate surface area is 170 Å². The molecule has 1 amide bonds. The second kappa shape index (κ2) is 8.51. The first-order chi connectivity index (χ1) is 13.8. The molecule has 0 N–H and O–H groups in total. The number of nitrogens with zero attached hydrogens (tertiary/aromatic N) is 3. The number of anilines is 1. The smallest absolute Gasteiger partial charge is 0.410 e. The molecule has 1 saturated heterocycles. The average molecular weight is 397 g/mol. The van der Waals surface area contributed by atoms with Crippen molar-refractivity contribution in [3.05, 3.63) is 42.1 Å². The summed E-state index contributed by atoms with van der Waals surface area (Å²) in [5.74, 6) is -0.401. The van der Waals surface area contributed by atoms with Crippen molar-refractivity contribution in [2.75, 3.05) is 38.2 Å². The van der Waals surface area contributed by atoms with Crippen molar-refractivity contribution >= 4 is 34.7 Å². The zero-order valence-corrected chi connectivity index (χ0v) is 17.3. The molecule has 1 aliphatic heterocycles. The molecule has 0 saturated carbocycles. The fraction of sp³-hybridized carbons (Fsp3) is 0.409. The van der Waals surface area contributed by atoms with E-state index in [0.717, 1.165) is 22.2 Å². The van der Waals surface area contributed by atoms with Crippen LogP contribution in [0, 0.1) is 0 Å². The van der Waals surface area contributed by atoms with Crippen LogP contribution in [0.25, 0.3) is 17.0 Å². The van der Waals surface area contributed by atoms with Gasteiger partial charge in [-0.3, -0.25) is 4.98 Å². The van der Waals surface area contributed by atoms with E-state index in [2.05, 4.69) is 14.6 Å². The molecule has 1 aromatic heterocycles. The fourth-order valence-electron chi connectivity index (χ4n) is 3.20. The lowest BCUT2D eigenvalue weighted by atomic mass is 10.1. The van der Waals surface area contributed by atoms with Crippen molar-refractivity contribution in [1.82, 2.24) is 9.88 Å². The van der Waals surface area contributed by atoms with Gasteiger partial charge in [-0.25, -0.2) is 9.59 Å². The molecule has 0 spiro atoms. The number of hydrogen-bond acceptors (Lipinski definition) is 6. The predicted molar refractivity (Wildman–Crippen MR) is 113 cm³/mol. The first-order valence-corrected chi connectivity index (χ1v) is 9.64. The number of methoxy groups -OCH3 is 1. The van der Waals surface area contributed by atoms with E-state index in [9.17, 15) is 9.59 Å². The minimum absolute atomic E-state index is 0.268. The van der Waals surface area contributed by atoms with Gasteiger partial charge in [0.1, 0.15) is 5.60 Å². The standard InChI is InChI=1S/C22H27N3O4/c1-22(2,3)29-21(27)25-12-10-24(11-13-25)18-7-5-6-17-14-16(15-23-20(17)18)8-9-19(26)28-4/h5-9,14-15H,10-13H2,1-4H3. The minimum atomic E-state index is -0.492. The van der Waals surface area contributed by atoms with Gasteiger partial charge in [0.05, 0.1) is 18.3 Å². The third-order valence-corrected chi connectivity index (χ3v) is 4.60. The molecular formula is C22H27N3O4. The topological polar surface area (TPSA) is 72.0 Å². The predicted octanol–water partition coefficient (Wildman–Crippen LogP) is 3.48. The van der Waals surface area contributed by atoms with Crippen LogP contribution in [0.1, 0.15) is 26.3 Å². The summed E-state index contributed by atoms with van der Waals surface area (Å²) in [6, 6.07) is 8.02. The molecular weight excluding hydrogens is 370 g/mol. The van der Waals surface area contributed by atoms with Crippen LogP contribution in [0.2, 0.25) is 0 Å². The number of benzene rings is 1. The summed E-state index contributed by atoms with van der Waals surface area (Å²) in [6.45, 7) is 8.25. The van der Waals surface area contributed by atoms with Crippen molar-refractivity contribution in [3.8, 4) is 0 Å². The first kappa shape index (κ1) is 20.6. The van der Waals surface area contributed by atoms with Crippen molar-refractivity contribution < 1.29 is 19.1 Å². The summed E-state index contributed by atoms with van der Waals surface area (Å²) in [5, 5.41) is 0.990. The largest absolute Gasteiger partial charge is 0.466 e. The molecule has 0 radical (unpaired) electrons. The van der Waals surface area contributed by atoms with Gasteiger partial charge in [0.25, 0.3) is 0 Å². The van der Waals surface area contributed by atoms with E-state index >= 15 is 0 Å². The normalized spacial score (nSPS) is 15.0. The molecule has 7 heteroatoms. The van der Waals surface area contributed by atoms with Crippen LogP contribution in [0.4, 0.5) is 10.5 Å². The van der Waals surface area contributed by atoms with Crippen LogP contribution in [0.5, 0.6) is 0 Å². The van der Waals surface area contributed by atoms with E-state index in [1.165, 1.54) is 13.2 Å². The number of hydrogen-bond donors (Lipinski definition) is 0. The van der Waals surface area contributed by atoms with E-state index in [-0.39, 0.29) is 6.09 Å². The van der Waals surface area contributed by atoms with Crippen LogP contribution in [-0.4, -0.2) is 60.8 Å². The van der Waals surface area contributed by atoms with Gasteiger partial charge in [0.15, 0.2) is 0 Å². The molecule has 154 valence electrons. The minimum Gasteiger partial charge on any atom is -0.466 e. The third-order valence-electron chi connectivity index (χ3n) is 4.60. The molecule has 0 unspecified atom stereocenters. The summed E-state index contributed by atoms with van der Waals surface area (Å²) >= 11 is 0. The number of carbonyl (C=O) groups is 2. The Balaban J connectivity index is 1.73. The number of amides is 1. The third kappa shape index (κ3) is 5.25. The number of ether oxygens (including phenoxy) is 2. The summed E-state index contributed by atoms with van der Waals surface area (Å²) in [5.41, 5.74) is 2.27. The summed E-state index contributed by atoms with van der Waals surface area (Å²) < 4.78 is 10.1. The Morgan fingerprint density at radius 2 is 1.86 bits per heavy atom. The van der Waals surface area contributed by atoms with Crippen molar-refractivity contribution in [2.24, 2.45) is 0 Å². The maximum absolute atomic E-state index is 12.3. The maximum Gasteiger partial charge on any atom is 0.410 e. The van der Waals surface area contributed by atoms with Crippen LogP contribution < -0.4 is 4.90 Å². The number of fused-ring (bicyclic) bond motifs is 1. The van der Waals surface area contributed by atoms with Crippen LogP contribution in [0.3, 0.4) is 0 Å². The van der Waals surface area contributed by atoms with Crippen LogP contribution in [0.15, 0.2) is 36.5 Å². The van der Waals surface area contributed by atoms with E-state index in [1.807, 2.05) is 45.0 Å². The van der Waals surface area contributed by atoms with Gasteiger partial charge < -0.3 is 19.3 Å².